The molecule has 0 saturated heterocycles. The Morgan fingerprint density at radius 1 is 0.286 bits per heavy atom. The Morgan fingerprint density at radius 2 is 0.619 bits per heavy atom. The Hall–Kier alpha value is -5.20. The summed E-state index contributed by atoms with van der Waals surface area (Å²) in [7, 11) is 0. The van der Waals surface area contributed by atoms with Gasteiger partial charge in [0.25, 0.3) is 0 Å². The van der Waals surface area contributed by atoms with Crippen LogP contribution in [0.5, 0.6) is 0 Å². The third-order valence-electron chi connectivity index (χ3n) is 8.75. The van der Waals surface area contributed by atoms with E-state index >= 15 is 0 Å². The zero-order valence-corrected chi connectivity index (χ0v) is 23.9. The van der Waals surface area contributed by atoms with Crippen molar-refractivity contribution in [1.29, 1.82) is 0 Å². The predicted molar refractivity (Wildman–Crippen MR) is 182 cm³/mol. The maximum absolute atomic E-state index is 2.32. The summed E-state index contributed by atoms with van der Waals surface area (Å²) in [6.45, 7) is 4.30. The first-order valence-electron chi connectivity index (χ1n) is 14.7. The molecule has 0 N–H and O–H groups in total. The van der Waals surface area contributed by atoms with Crippen molar-refractivity contribution in [2.75, 3.05) is 0 Å². The minimum absolute atomic E-state index is 1.25. The van der Waals surface area contributed by atoms with E-state index in [2.05, 4.69) is 159 Å². The Labute approximate surface area is 246 Å². The lowest BCUT2D eigenvalue weighted by Crippen LogP contribution is -1.89. The number of hydrogen-bond acceptors (Lipinski definition) is 0. The lowest BCUT2D eigenvalue weighted by Gasteiger charge is -2.16. The lowest BCUT2D eigenvalue weighted by atomic mass is 9.87. The van der Waals surface area contributed by atoms with E-state index in [-0.39, 0.29) is 0 Å². The van der Waals surface area contributed by atoms with Gasteiger partial charge in [0.1, 0.15) is 0 Å². The van der Waals surface area contributed by atoms with Gasteiger partial charge in [-0.15, -0.1) is 0 Å². The highest BCUT2D eigenvalue weighted by atomic mass is 14.2. The van der Waals surface area contributed by atoms with Crippen LogP contribution in [-0.2, 0) is 0 Å². The van der Waals surface area contributed by atoms with Gasteiger partial charge in [0.2, 0.25) is 0 Å². The molecule has 0 aliphatic carbocycles. The number of hydrogen-bond donors (Lipinski definition) is 0. The molecule has 8 aromatic carbocycles. The second-order valence-corrected chi connectivity index (χ2v) is 11.5. The van der Waals surface area contributed by atoms with Gasteiger partial charge >= 0.3 is 0 Å². The molecule has 0 aliphatic rings. The summed E-state index contributed by atoms with van der Waals surface area (Å²) in [5, 5.41) is 10.2. The first kappa shape index (κ1) is 24.6. The zero-order chi connectivity index (χ0) is 28.2. The first-order chi connectivity index (χ1) is 20.6. The molecular formula is C42H30. The lowest BCUT2D eigenvalue weighted by molar-refractivity contribution is 1.50. The first-order valence-corrected chi connectivity index (χ1v) is 14.7. The number of aryl methyl sites for hydroxylation is 2. The van der Waals surface area contributed by atoms with Crippen LogP contribution >= 0.6 is 0 Å². The third kappa shape index (κ3) is 4.07. The van der Waals surface area contributed by atoms with Crippen LogP contribution in [0.4, 0.5) is 0 Å². The molecule has 198 valence electrons. The van der Waals surface area contributed by atoms with E-state index in [1.807, 2.05) is 0 Å². The second kappa shape index (κ2) is 9.72. The van der Waals surface area contributed by atoms with Crippen molar-refractivity contribution in [3.63, 3.8) is 0 Å². The fourth-order valence-corrected chi connectivity index (χ4v) is 6.64. The molecule has 0 spiro atoms. The minimum Gasteiger partial charge on any atom is -0.0616 e. The van der Waals surface area contributed by atoms with Gasteiger partial charge in [0.05, 0.1) is 0 Å². The minimum atomic E-state index is 1.25. The molecule has 0 aliphatic heterocycles. The van der Waals surface area contributed by atoms with Crippen LogP contribution < -0.4 is 0 Å². The molecule has 8 aromatic rings. The Kier molecular flexibility index (Phi) is 5.69. The van der Waals surface area contributed by atoms with Crippen LogP contribution in [0.3, 0.4) is 0 Å². The predicted octanol–water partition coefficient (Wildman–Crippen LogP) is 11.9. The fourth-order valence-electron chi connectivity index (χ4n) is 6.64. The Morgan fingerprint density at radius 3 is 1.05 bits per heavy atom. The largest absolute Gasteiger partial charge is 0.0616 e. The van der Waals surface area contributed by atoms with E-state index in [1.54, 1.807) is 0 Å². The van der Waals surface area contributed by atoms with Gasteiger partial charge in [0.15, 0.2) is 0 Å². The molecule has 0 nitrogen and oxygen atoms in total. The van der Waals surface area contributed by atoms with Crippen molar-refractivity contribution >= 4 is 43.1 Å². The molecule has 0 fully saturated rings. The van der Waals surface area contributed by atoms with Crippen LogP contribution in [0, 0.1) is 13.8 Å². The zero-order valence-electron chi connectivity index (χ0n) is 23.9. The van der Waals surface area contributed by atoms with Gasteiger partial charge in [-0.2, -0.15) is 0 Å². The van der Waals surface area contributed by atoms with Crippen LogP contribution in [0.25, 0.3) is 76.5 Å². The fraction of sp³-hybridized carbons (Fsp3) is 0.0476. The highest BCUT2D eigenvalue weighted by Gasteiger charge is 2.14. The van der Waals surface area contributed by atoms with Gasteiger partial charge in [-0.25, -0.2) is 0 Å². The molecule has 42 heavy (non-hydrogen) atoms. The van der Waals surface area contributed by atoms with Gasteiger partial charge in [-0.3, -0.25) is 0 Å². The summed E-state index contributed by atoms with van der Waals surface area (Å²) >= 11 is 0. The molecule has 0 heterocycles. The molecule has 0 radical (unpaired) electrons. The molecule has 8 rings (SSSR count). The topological polar surface area (TPSA) is 0 Å². The molecule has 0 aromatic heterocycles. The van der Waals surface area contributed by atoms with Crippen LogP contribution in [-0.4, -0.2) is 0 Å². The van der Waals surface area contributed by atoms with E-state index in [1.165, 1.54) is 87.6 Å². The van der Waals surface area contributed by atoms with E-state index in [4.69, 9.17) is 0 Å². The Bertz CT molecular complexity index is 2150. The number of rotatable bonds is 3. The van der Waals surface area contributed by atoms with Gasteiger partial charge in [-0.05, 0) is 102 Å². The van der Waals surface area contributed by atoms with Crippen molar-refractivity contribution in [3.8, 4) is 33.4 Å². The summed E-state index contributed by atoms with van der Waals surface area (Å²) < 4.78 is 0. The quantitative estimate of drug-likeness (QED) is 0.211. The van der Waals surface area contributed by atoms with Crippen molar-refractivity contribution in [3.05, 3.63) is 157 Å². The summed E-state index contributed by atoms with van der Waals surface area (Å²) in [5.74, 6) is 0. The normalized spacial score (nSPS) is 11.6. The Balaban J connectivity index is 1.30. The van der Waals surface area contributed by atoms with Crippen LogP contribution in [0.15, 0.2) is 146 Å². The molecule has 0 saturated carbocycles. The van der Waals surface area contributed by atoms with Gasteiger partial charge in [0, 0.05) is 0 Å². The van der Waals surface area contributed by atoms with Crippen molar-refractivity contribution in [1.82, 2.24) is 0 Å². The van der Waals surface area contributed by atoms with Gasteiger partial charge < -0.3 is 0 Å². The van der Waals surface area contributed by atoms with Crippen LogP contribution in [0.1, 0.15) is 11.1 Å². The number of benzene rings is 8. The van der Waals surface area contributed by atoms with E-state index < -0.39 is 0 Å². The highest BCUT2D eigenvalue weighted by Crippen LogP contribution is 2.41. The maximum Gasteiger partial charge on any atom is -0.00987 e. The van der Waals surface area contributed by atoms with Crippen LogP contribution in [0.2, 0.25) is 0 Å². The smallest absolute Gasteiger partial charge is 0.00987 e. The summed E-state index contributed by atoms with van der Waals surface area (Å²) in [6, 6.07) is 54.0. The average molecular weight is 535 g/mol. The monoisotopic (exact) mass is 534 g/mol. The molecule has 0 heteroatoms. The molecular weight excluding hydrogens is 504 g/mol. The third-order valence-corrected chi connectivity index (χ3v) is 8.75. The molecule has 0 bridgehead atoms. The molecule has 0 atom stereocenters. The van der Waals surface area contributed by atoms with Crippen molar-refractivity contribution < 1.29 is 0 Å². The molecule has 0 amide bonds. The van der Waals surface area contributed by atoms with E-state index in [0.29, 0.717) is 0 Å². The standard InChI is InChI=1S/C42H30/c1-27-11-13-31-25-33(17-15-29(31)23-27)35-19-21-41(39-9-5-3-7-37(35)39)42-22-20-36(38-8-4-6-10-40(38)42)34-18-16-30-24-28(2)12-14-32(30)26-34/h3-26H,1-2H3. The van der Waals surface area contributed by atoms with E-state index in [9.17, 15) is 0 Å². The summed E-state index contributed by atoms with van der Waals surface area (Å²) in [6.07, 6.45) is 0. The average Bonchev–Trinajstić information content (AvgIpc) is 3.03. The number of fused-ring (bicyclic) bond motifs is 4. The molecule has 0 unspecified atom stereocenters. The van der Waals surface area contributed by atoms with Gasteiger partial charge in [-0.1, -0.05) is 145 Å². The highest BCUT2D eigenvalue weighted by molar-refractivity contribution is 6.12. The van der Waals surface area contributed by atoms with Crippen molar-refractivity contribution in [2.24, 2.45) is 0 Å². The van der Waals surface area contributed by atoms with Crippen molar-refractivity contribution in [2.45, 2.75) is 13.8 Å². The summed E-state index contributed by atoms with van der Waals surface area (Å²) in [5.41, 5.74) is 10.2. The second-order valence-electron chi connectivity index (χ2n) is 11.5. The van der Waals surface area contributed by atoms with E-state index in [0.717, 1.165) is 0 Å². The summed E-state index contributed by atoms with van der Waals surface area (Å²) in [4.78, 5) is 0. The maximum atomic E-state index is 2.32. The SMILES string of the molecule is Cc1ccc2cc(-c3ccc(-c4ccc(-c5ccc6cc(C)ccc6c5)c5ccccc45)c4ccccc34)ccc2c1.